The maximum absolute atomic E-state index is 12.7. The topological polar surface area (TPSA) is 78.0 Å². The molecule has 2 saturated heterocycles. The molecule has 0 bridgehead atoms. The van der Waals surface area contributed by atoms with Gasteiger partial charge in [0.1, 0.15) is 5.69 Å². The van der Waals surface area contributed by atoms with Crippen LogP contribution in [0.4, 0.5) is 9.93 Å². The normalized spacial score (nSPS) is 21.5. The molecule has 8 nitrogen and oxygen atoms in total. The van der Waals surface area contributed by atoms with Gasteiger partial charge in [-0.3, -0.25) is 9.69 Å². The monoisotopic (exact) mass is 381 g/mol. The molecule has 2 aliphatic rings. The molecule has 1 unspecified atom stereocenters. The summed E-state index contributed by atoms with van der Waals surface area (Å²) in [7, 11) is 1.81. The molecule has 3 rings (SSSR count). The molecule has 144 valence electrons. The number of rotatable bonds is 4. The molecule has 0 aliphatic carbocycles. The molecule has 2 aliphatic heterocycles. The van der Waals surface area contributed by atoms with Gasteiger partial charge in [0.25, 0.3) is 5.91 Å². The highest BCUT2D eigenvalue weighted by molar-refractivity contribution is 7.13. The number of carbonyl (C=O) groups excluding carboxylic acids is 2. The van der Waals surface area contributed by atoms with Gasteiger partial charge in [-0.1, -0.05) is 0 Å². The van der Waals surface area contributed by atoms with Gasteiger partial charge in [0.05, 0.1) is 6.61 Å². The number of carbonyl (C=O) groups is 2. The van der Waals surface area contributed by atoms with Gasteiger partial charge in [-0.25, -0.2) is 9.78 Å². The SMILES string of the molecule is CCOC(=O)N1CCN(C2CCCN(C(=O)c3csc(NC)n3)C2)CC1. The molecule has 0 aromatic carbocycles. The first kappa shape index (κ1) is 18.9. The Labute approximate surface area is 158 Å². The Kier molecular flexibility index (Phi) is 6.31. The number of hydrogen-bond acceptors (Lipinski definition) is 7. The zero-order valence-corrected chi connectivity index (χ0v) is 16.3. The molecule has 9 heteroatoms. The van der Waals surface area contributed by atoms with Gasteiger partial charge in [0.15, 0.2) is 5.13 Å². The highest BCUT2D eigenvalue weighted by Crippen LogP contribution is 2.21. The van der Waals surface area contributed by atoms with Crippen LogP contribution >= 0.6 is 11.3 Å². The first-order valence-corrected chi connectivity index (χ1v) is 10.1. The molecule has 1 atom stereocenters. The predicted molar refractivity (Wildman–Crippen MR) is 101 cm³/mol. The molecule has 3 heterocycles. The Bertz CT molecular complexity index is 630. The summed E-state index contributed by atoms with van der Waals surface area (Å²) in [6.07, 6.45) is 1.86. The van der Waals surface area contributed by atoms with Crippen molar-refractivity contribution in [3.63, 3.8) is 0 Å². The van der Waals surface area contributed by atoms with Gasteiger partial charge in [-0.15, -0.1) is 11.3 Å². The van der Waals surface area contributed by atoms with E-state index in [-0.39, 0.29) is 12.0 Å². The summed E-state index contributed by atoms with van der Waals surface area (Å²) in [6.45, 7) is 6.75. The fourth-order valence-electron chi connectivity index (χ4n) is 3.57. The molecule has 1 aromatic heterocycles. The zero-order chi connectivity index (χ0) is 18.5. The predicted octanol–water partition coefficient (Wildman–Crippen LogP) is 1.56. The lowest BCUT2D eigenvalue weighted by molar-refractivity contribution is 0.0376. The summed E-state index contributed by atoms with van der Waals surface area (Å²) in [6, 6.07) is 0.347. The van der Waals surface area contributed by atoms with Crippen molar-refractivity contribution in [2.24, 2.45) is 0 Å². The van der Waals surface area contributed by atoms with E-state index in [1.54, 1.807) is 11.9 Å². The van der Waals surface area contributed by atoms with Crippen molar-refractivity contribution < 1.29 is 14.3 Å². The van der Waals surface area contributed by atoms with E-state index in [1.807, 2.05) is 17.2 Å². The van der Waals surface area contributed by atoms with Crippen LogP contribution in [-0.2, 0) is 4.74 Å². The van der Waals surface area contributed by atoms with Crippen LogP contribution in [0.2, 0.25) is 0 Å². The summed E-state index contributed by atoms with van der Waals surface area (Å²) >= 11 is 1.45. The maximum Gasteiger partial charge on any atom is 0.409 e. The third-order valence-electron chi connectivity index (χ3n) is 4.98. The maximum atomic E-state index is 12.7. The lowest BCUT2D eigenvalue weighted by Crippen LogP contribution is -2.56. The van der Waals surface area contributed by atoms with Gasteiger partial charge < -0.3 is 19.9 Å². The highest BCUT2D eigenvalue weighted by Gasteiger charge is 2.32. The van der Waals surface area contributed by atoms with Gasteiger partial charge in [-0.2, -0.15) is 0 Å². The first-order valence-electron chi connectivity index (χ1n) is 9.20. The Balaban J connectivity index is 1.54. The Morgan fingerprint density at radius 2 is 2.04 bits per heavy atom. The minimum Gasteiger partial charge on any atom is -0.450 e. The van der Waals surface area contributed by atoms with Crippen LogP contribution in [0.1, 0.15) is 30.3 Å². The van der Waals surface area contributed by atoms with Crippen molar-refractivity contribution in [2.75, 3.05) is 58.2 Å². The molecule has 2 fully saturated rings. The van der Waals surface area contributed by atoms with E-state index < -0.39 is 0 Å². The van der Waals surface area contributed by atoms with Gasteiger partial charge in [0, 0.05) is 57.7 Å². The smallest absolute Gasteiger partial charge is 0.409 e. The molecular weight excluding hydrogens is 354 g/mol. The first-order chi connectivity index (χ1) is 12.6. The minimum absolute atomic E-state index is 0.0117. The molecule has 0 spiro atoms. The number of piperazine rings is 1. The van der Waals surface area contributed by atoms with Crippen molar-refractivity contribution in [1.82, 2.24) is 19.7 Å². The van der Waals surface area contributed by atoms with Crippen LogP contribution in [-0.4, -0.2) is 90.6 Å². The Morgan fingerprint density at radius 3 is 2.69 bits per heavy atom. The number of amides is 2. The summed E-state index contributed by atoms with van der Waals surface area (Å²) in [5, 5.41) is 5.55. The van der Waals surface area contributed by atoms with Gasteiger partial charge in [0.2, 0.25) is 0 Å². The van der Waals surface area contributed by atoms with E-state index in [2.05, 4.69) is 15.2 Å². The molecule has 26 heavy (non-hydrogen) atoms. The van der Waals surface area contributed by atoms with Crippen LogP contribution in [0, 0.1) is 0 Å². The standard InChI is InChI=1S/C17H27N5O3S/c1-3-25-17(24)21-9-7-20(8-10-21)13-5-4-6-22(11-13)15(23)14-12-26-16(18-2)19-14/h12-13H,3-11H2,1-2H3,(H,18,19). The average Bonchev–Trinajstić information content (AvgIpc) is 3.17. The lowest BCUT2D eigenvalue weighted by Gasteiger charge is -2.42. The van der Waals surface area contributed by atoms with Gasteiger partial charge in [-0.05, 0) is 19.8 Å². The summed E-state index contributed by atoms with van der Waals surface area (Å²) in [5.74, 6) is 0.0117. The number of nitrogens with one attached hydrogen (secondary N) is 1. The van der Waals surface area contributed by atoms with Crippen molar-refractivity contribution in [1.29, 1.82) is 0 Å². The fourth-order valence-corrected chi connectivity index (χ4v) is 4.22. The van der Waals surface area contributed by atoms with Crippen LogP contribution in [0.15, 0.2) is 5.38 Å². The van der Waals surface area contributed by atoms with E-state index in [1.165, 1.54) is 11.3 Å². The largest absolute Gasteiger partial charge is 0.450 e. The van der Waals surface area contributed by atoms with E-state index in [0.29, 0.717) is 31.4 Å². The number of piperidine rings is 1. The van der Waals surface area contributed by atoms with Crippen molar-refractivity contribution >= 4 is 28.5 Å². The van der Waals surface area contributed by atoms with Crippen LogP contribution in [0.25, 0.3) is 0 Å². The minimum atomic E-state index is -0.225. The summed E-state index contributed by atoms with van der Waals surface area (Å²) in [4.78, 5) is 35.0. The molecule has 0 saturated carbocycles. The molecule has 1 N–H and O–H groups in total. The average molecular weight is 382 g/mol. The molecular formula is C17H27N5O3S. The second-order valence-corrected chi connectivity index (χ2v) is 7.42. The van der Waals surface area contributed by atoms with E-state index in [0.717, 1.165) is 44.2 Å². The third-order valence-corrected chi connectivity index (χ3v) is 5.84. The number of anilines is 1. The quantitative estimate of drug-likeness (QED) is 0.853. The number of likely N-dealkylation sites (tertiary alicyclic amines) is 1. The van der Waals surface area contributed by atoms with Crippen LogP contribution < -0.4 is 5.32 Å². The number of hydrogen-bond donors (Lipinski definition) is 1. The molecule has 1 aromatic rings. The molecule has 2 amide bonds. The highest BCUT2D eigenvalue weighted by atomic mass is 32.1. The van der Waals surface area contributed by atoms with Crippen molar-refractivity contribution in [3.8, 4) is 0 Å². The van der Waals surface area contributed by atoms with Crippen LogP contribution in [0.3, 0.4) is 0 Å². The second kappa shape index (κ2) is 8.68. The number of aromatic nitrogens is 1. The van der Waals surface area contributed by atoms with Crippen LogP contribution in [0.5, 0.6) is 0 Å². The van der Waals surface area contributed by atoms with E-state index in [4.69, 9.17) is 4.74 Å². The lowest BCUT2D eigenvalue weighted by atomic mass is 10.0. The van der Waals surface area contributed by atoms with Gasteiger partial charge >= 0.3 is 6.09 Å². The Hall–Kier alpha value is -1.87. The second-order valence-electron chi connectivity index (χ2n) is 6.56. The van der Waals surface area contributed by atoms with E-state index >= 15 is 0 Å². The zero-order valence-electron chi connectivity index (χ0n) is 15.4. The van der Waals surface area contributed by atoms with Crippen molar-refractivity contribution in [2.45, 2.75) is 25.8 Å². The van der Waals surface area contributed by atoms with E-state index in [9.17, 15) is 9.59 Å². The third kappa shape index (κ3) is 4.27. The number of ether oxygens (including phenoxy) is 1. The number of nitrogens with zero attached hydrogens (tertiary/aromatic N) is 4. The fraction of sp³-hybridized carbons (Fsp3) is 0.706. The summed E-state index contributed by atoms with van der Waals surface area (Å²) in [5.41, 5.74) is 0.520. The van der Waals surface area contributed by atoms with Crippen molar-refractivity contribution in [3.05, 3.63) is 11.1 Å². The number of thiazole rings is 1. The Morgan fingerprint density at radius 1 is 1.27 bits per heavy atom. The summed E-state index contributed by atoms with van der Waals surface area (Å²) < 4.78 is 5.08. The molecule has 0 radical (unpaired) electrons.